The molecule has 1 amide bonds. The highest BCUT2D eigenvalue weighted by atomic mass is 16.3. The summed E-state index contributed by atoms with van der Waals surface area (Å²) in [4.78, 5) is 24.6. The fourth-order valence-electron chi connectivity index (χ4n) is 2.16. The molecule has 0 saturated carbocycles. The molecule has 3 rings (SSSR count). The average Bonchev–Trinajstić information content (AvgIpc) is 2.99. The highest BCUT2D eigenvalue weighted by Crippen LogP contribution is 2.18. The lowest BCUT2D eigenvalue weighted by Crippen LogP contribution is -2.19. The highest BCUT2D eigenvalue weighted by Gasteiger charge is 2.14. The number of nitrogens with one attached hydrogen (secondary N) is 1. The molecule has 0 saturated heterocycles. The number of aliphatic hydroxyl groups excluding tert-OH is 2. The van der Waals surface area contributed by atoms with Crippen LogP contribution < -0.4 is 5.32 Å². The van der Waals surface area contributed by atoms with Crippen LogP contribution in [-0.4, -0.2) is 48.4 Å². The minimum Gasteiger partial charge on any atom is -0.394 e. The third-order valence-electron chi connectivity index (χ3n) is 3.29. The van der Waals surface area contributed by atoms with E-state index in [1.807, 2.05) is 6.07 Å². The fraction of sp³-hybridized carbons (Fsp3) is 0.200. The van der Waals surface area contributed by atoms with Crippen LogP contribution in [0.4, 0.5) is 5.82 Å². The number of amides is 1. The van der Waals surface area contributed by atoms with Gasteiger partial charge < -0.3 is 20.1 Å². The van der Waals surface area contributed by atoms with Gasteiger partial charge in [0, 0.05) is 5.56 Å². The maximum atomic E-state index is 12.2. The van der Waals surface area contributed by atoms with Crippen LogP contribution in [0.25, 0.3) is 11.2 Å². The van der Waals surface area contributed by atoms with Crippen molar-refractivity contribution in [1.29, 1.82) is 0 Å². The predicted molar refractivity (Wildman–Crippen MR) is 82.8 cm³/mol. The molecule has 0 bridgehead atoms. The highest BCUT2D eigenvalue weighted by molar-refractivity contribution is 6.06. The molecule has 0 aliphatic carbocycles. The number of aliphatic hydroxyl groups is 2. The van der Waals surface area contributed by atoms with Crippen LogP contribution in [0.2, 0.25) is 0 Å². The SMILES string of the molecule is O=C(Nc1ncnc2c1ncn2C[C@H](O)CO)c1ccccc1. The number of carbonyl (C=O) groups excluding carboxylic acids is 1. The lowest BCUT2D eigenvalue weighted by Gasteiger charge is -2.08. The first kappa shape index (κ1) is 15.1. The lowest BCUT2D eigenvalue weighted by atomic mass is 10.2. The van der Waals surface area contributed by atoms with Crippen molar-refractivity contribution < 1.29 is 15.0 Å². The van der Waals surface area contributed by atoms with Crippen molar-refractivity contribution in [2.75, 3.05) is 11.9 Å². The van der Waals surface area contributed by atoms with Crippen molar-refractivity contribution >= 4 is 22.9 Å². The molecule has 0 fully saturated rings. The first-order chi connectivity index (χ1) is 11.2. The molecular formula is C15H15N5O3. The number of rotatable bonds is 5. The van der Waals surface area contributed by atoms with Crippen LogP contribution in [0.1, 0.15) is 10.4 Å². The van der Waals surface area contributed by atoms with Gasteiger partial charge in [0.1, 0.15) is 6.33 Å². The number of aromatic nitrogens is 4. The van der Waals surface area contributed by atoms with E-state index in [4.69, 9.17) is 5.11 Å². The van der Waals surface area contributed by atoms with Crippen LogP contribution in [0.3, 0.4) is 0 Å². The molecule has 0 spiro atoms. The van der Waals surface area contributed by atoms with Gasteiger partial charge in [-0.05, 0) is 12.1 Å². The zero-order valence-electron chi connectivity index (χ0n) is 12.1. The number of fused-ring (bicyclic) bond motifs is 1. The number of imidazole rings is 1. The van der Waals surface area contributed by atoms with E-state index in [1.54, 1.807) is 28.8 Å². The maximum Gasteiger partial charge on any atom is 0.256 e. The third-order valence-corrected chi connectivity index (χ3v) is 3.29. The number of benzene rings is 1. The molecule has 8 heteroatoms. The minimum atomic E-state index is -0.912. The van der Waals surface area contributed by atoms with Gasteiger partial charge >= 0.3 is 0 Å². The van der Waals surface area contributed by atoms with E-state index < -0.39 is 6.10 Å². The molecular weight excluding hydrogens is 298 g/mol. The monoisotopic (exact) mass is 313 g/mol. The van der Waals surface area contributed by atoms with Gasteiger partial charge in [-0.3, -0.25) is 4.79 Å². The molecule has 2 aromatic heterocycles. The van der Waals surface area contributed by atoms with Crippen molar-refractivity contribution in [3.8, 4) is 0 Å². The quantitative estimate of drug-likeness (QED) is 0.629. The van der Waals surface area contributed by atoms with Gasteiger partial charge in [0.2, 0.25) is 0 Å². The van der Waals surface area contributed by atoms with Crippen LogP contribution in [-0.2, 0) is 6.54 Å². The molecule has 23 heavy (non-hydrogen) atoms. The Morgan fingerprint density at radius 3 is 2.74 bits per heavy atom. The number of anilines is 1. The predicted octanol–water partition coefficient (Wildman–Crippen LogP) is 0.432. The van der Waals surface area contributed by atoms with Crippen molar-refractivity contribution in [1.82, 2.24) is 19.5 Å². The zero-order chi connectivity index (χ0) is 16.2. The Morgan fingerprint density at radius 2 is 2.00 bits per heavy atom. The van der Waals surface area contributed by atoms with Gasteiger partial charge in [-0.1, -0.05) is 18.2 Å². The van der Waals surface area contributed by atoms with Crippen molar-refractivity contribution in [3.05, 3.63) is 48.5 Å². The molecule has 3 aromatic rings. The second kappa shape index (κ2) is 6.51. The van der Waals surface area contributed by atoms with Gasteiger partial charge in [0.05, 0.1) is 25.6 Å². The largest absolute Gasteiger partial charge is 0.394 e. The Kier molecular flexibility index (Phi) is 4.26. The van der Waals surface area contributed by atoms with E-state index >= 15 is 0 Å². The summed E-state index contributed by atoms with van der Waals surface area (Å²) in [6, 6.07) is 8.77. The molecule has 0 radical (unpaired) electrons. The van der Waals surface area contributed by atoms with E-state index in [1.165, 1.54) is 12.7 Å². The smallest absolute Gasteiger partial charge is 0.256 e. The van der Waals surface area contributed by atoms with Crippen molar-refractivity contribution in [2.45, 2.75) is 12.6 Å². The van der Waals surface area contributed by atoms with Crippen LogP contribution in [0.5, 0.6) is 0 Å². The summed E-state index contributed by atoms with van der Waals surface area (Å²) in [7, 11) is 0. The van der Waals surface area contributed by atoms with Gasteiger partial charge in [-0.2, -0.15) is 0 Å². The summed E-state index contributed by atoms with van der Waals surface area (Å²) in [6.45, 7) is -0.210. The van der Waals surface area contributed by atoms with E-state index in [0.29, 0.717) is 22.5 Å². The number of carbonyl (C=O) groups is 1. The Morgan fingerprint density at radius 1 is 1.22 bits per heavy atom. The Hall–Kier alpha value is -2.84. The van der Waals surface area contributed by atoms with Gasteiger partial charge in [-0.15, -0.1) is 0 Å². The first-order valence-corrected chi connectivity index (χ1v) is 7.00. The van der Waals surface area contributed by atoms with Crippen LogP contribution in [0, 0.1) is 0 Å². The first-order valence-electron chi connectivity index (χ1n) is 7.00. The second-order valence-corrected chi connectivity index (χ2v) is 4.95. The van der Waals surface area contributed by atoms with E-state index in [9.17, 15) is 9.90 Å². The molecule has 118 valence electrons. The Bertz CT molecular complexity index is 818. The standard InChI is InChI=1S/C15H15N5O3/c21-7-11(22)6-20-9-18-12-13(16-8-17-14(12)20)19-15(23)10-4-2-1-3-5-10/h1-5,8-9,11,21-22H,6-7H2,(H,16,17,19,23)/t11-/m0/s1. The number of hydrogen-bond donors (Lipinski definition) is 3. The van der Waals surface area contributed by atoms with E-state index in [2.05, 4.69) is 20.3 Å². The van der Waals surface area contributed by atoms with Crippen molar-refractivity contribution in [2.24, 2.45) is 0 Å². The number of nitrogens with zero attached hydrogens (tertiary/aromatic N) is 4. The molecule has 3 N–H and O–H groups in total. The summed E-state index contributed by atoms with van der Waals surface area (Å²) < 4.78 is 1.59. The molecule has 0 aliphatic heterocycles. The second-order valence-electron chi connectivity index (χ2n) is 4.95. The van der Waals surface area contributed by atoms with E-state index in [-0.39, 0.29) is 19.1 Å². The van der Waals surface area contributed by atoms with Gasteiger partial charge in [0.25, 0.3) is 5.91 Å². The van der Waals surface area contributed by atoms with Crippen LogP contribution >= 0.6 is 0 Å². The third kappa shape index (κ3) is 3.17. The van der Waals surface area contributed by atoms with Crippen LogP contribution in [0.15, 0.2) is 43.0 Å². The van der Waals surface area contributed by atoms with Gasteiger partial charge in [-0.25, -0.2) is 15.0 Å². The van der Waals surface area contributed by atoms with Crippen molar-refractivity contribution in [3.63, 3.8) is 0 Å². The van der Waals surface area contributed by atoms with Gasteiger partial charge in [0.15, 0.2) is 17.0 Å². The summed E-state index contributed by atoms with van der Waals surface area (Å²) in [6.07, 6.45) is 1.88. The molecule has 2 heterocycles. The molecule has 1 aromatic carbocycles. The number of hydrogen-bond acceptors (Lipinski definition) is 6. The maximum absolute atomic E-state index is 12.2. The Labute approximate surface area is 131 Å². The Balaban J connectivity index is 1.89. The summed E-state index contributed by atoms with van der Waals surface area (Å²) >= 11 is 0. The summed E-state index contributed by atoms with van der Waals surface area (Å²) in [5.74, 6) is -0.00312. The molecule has 8 nitrogen and oxygen atoms in total. The lowest BCUT2D eigenvalue weighted by molar-refractivity contribution is 0.0819. The average molecular weight is 313 g/mol. The topological polar surface area (TPSA) is 113 Å². The summed E-state index contributed by atoms with van der Waals surface area (Å²) in [5, 5.41) is 21.2. The molecule has 1 atom stereocenters. The van der Waals surface area contributed by atoms with E-state index in [0.717, 1.165) is 0 Å². The molecule has 0 aliphatic rings. The fourth-order valence-corrected chi connectivity index (χ4v) is 2.16. The molecule has 0 unspecified atom stereocenters. The summed E-state index contributed by atoms with van der Waals surface area (Å²) in [5.41, 5.74) is 1.40. The zero-order valence-corrected chi connectivity index (χ0v) is 12.1. The minimum absolute atomic E-state index is 0.149. The normalized spacial score (nSPS) is 12.3.